The van der Waals surface area contributed by atoms with E-state index in [0.29, 0.717) is 22.9 Å². The molecule has 0 saturated carbocycles. The number of amides is 1. The van der Waals surface area contributed by atoms with Gasteiger partial charge in [-0.25, -0.2) is 0 Å². The summed E-state index contributed by atoms with van der Waals surface area (Å²) in [5.41, 5.74) is 6.69. The van der Waals surface area contributed by atoms with Gasteiger partial charge in [0, 0.05) is 11.7 Å². The summed E-state index contributed by atoms with van der Waals surface area (Å²) in [6.45, 7) is 6.21. The maximum atomic E-state index is 12.2. The number of hydrogen-bond donors (Lipinski definition) is 2. The first-order valence-electron chi connectivity index (χ1n) is 6.24. The fourth-order valence-corrected chi connectivity index (χ4v) is 1.74. The number of anilines is 1. The number of carbonyl (C=O) groups excluding carboxylic acids is 1. The summed E-state index contributed by atoms with van der Waals surface area (Å²) in [6, 6.07) is 5.31. The Morgan fingerprint density at radius 3 is 2.67 bits per heavy atom. The monoisotopic (exact) mass is 250 g/mol. The van der Waals surface area contributed by atoms with Gasteiger partial charge in [0.25, 0.3) is 5.91 Å². The Morgan fingerprint density at radius 1 is 1.44 bits per heavy atom. The van der Waals surface area contributed by atoms with Crippen LogP contribution in [0.4, 0.5) is 5.69 Å². The van der Waals surface area contributed by atoms with Crippen LogP contribution in [0.3, 0.4) is 0 Å². The van der Waals surface area contributed by atoms with Crippen LogP contribution in [0.1, 0.15) is 37.6 Å². The fourth-order valence-electron chi connectivity index (χ4n) is 1.74. The predicted octanol–water partition coefficient (Wildman–Crippen LogP) is 2.44. The molecule has 0 aliphatic rings. The molecular weight excluding hydrogens is 228 g/mol. The summed E-state index contributed by atoms with van der Waals surface area (Å²) >= 11 is 0. The molecule has 0 fully saturated rings. The number of methoxy groups -OCH3 is 1. The highest BCUT2D eigenvalue weighted by molar-refractivity contribution is 6.02. The second-order valence-electron chi connectivity index (χ2n) is 4.57. The van der Waals surface area contributed by atoms with Crippen molar-refractivity contribution in [2.24, 2.45) is 5.92 Å². The topological polar surface area (TPSA) is 64.4 Å². The number of hydrogen-bond acceptors (Lipinski definition) is 3. The maximum absolute atomic E-state index is 12.2. The molecule has 0 radical (unpaired) electrons. The molecule has 100 valence electrons. The first-order chi connectivity index (χ1) is 8.51. The van der Waals surface area contributed by atoms with Gasteiger partial charge in [-0.2, -0.15) is 0 Å². The second-order valence-corrected chi connectivity index (χ2v) is 4.57. The Balaban J connectivity index is 2.91. The van der Waals surface area contributed by atoms with Gasteiger partial charge in [0.15, 0.2) is 0 Å². The van der Waals surface area contributed by atoms with Crippen molar-refractivity contribution in [2.75, 3.05) is 12.8 Å². The van der Waals surface area contributed by atoms with Crippen molar-refractivity contribution < 1.29 is 9.53 Å². The normalized spacial score (nSPS) is 13.8. The number of nitrogens with two attached hydrogens (primary N) is 1. The van der Waals surface area contributed by atoms with E-state index in [1.54, 1.807) is 18.2 Å². The molecule has 0 aliphatic carbocycles. The summed E-state index contributed by atoms with van der Waals surface area (Å²) in [5, 5.41) is 2.96. The maximum Gasteiger partial charge on any atom is 0.257 e. The second kappa shape index (κ2) is 6.28. The van der Waals surface area contributed by atoms with Crippen LogP contribution in [-0.4, -0.2) is 19.1 Å². The molecule has 1 amide bonds. The van der Waals surface area contributed by atoms with E-state index in [1.807, 2.05) is 6.92 Å². The SMILES string of the molecule is CCC(C)C(C)NC(=O)c1c(N)cccc1OC. The van der Waals surface area contributed by atoms with Crippen LogP contribution in [0.25, 0.3) is 0 Å². The first-order valence-corrected chi connectivity index (χ1v) is 6.24. The van der Waals surface area contributed by atoms with Crippen LogP contribution in [-0.2, 0) is 0 Å². The Morgan fingerprint density at radius 2 is 2.11 bits per heavy atom. The number of rotatable bonds is 5. The zero-order valence-electron chi connectivity index (χ0n) is 11.5. The molecule has 1 aromatic rings. The van der Waals surface area contributed by atoms with Crippen LogP contribution in [0.2, 0.25) is 0 Å². The smallest absolute Gasteiger partial charge is 0.257 e. The van der Waals surface area contributed by atoms with E-state index in [1.165, 1.54) is 7.11 Å². The molecule has 0 aliphatic heterocycles. The van der Waals surface area contributed by atoms with Gasteiger partial charge in [0.2, 0.25) is 0 Å². The lowest BCUT2D eigenvalue weighted by atomic mass is 10.0. The van der Waals surface area contributed by atoms with E-state index in [0.717, 1.165) is 6.42 Å². The lowest BCUT2D eigenvalue weighted by molar-refractivity contribution is 0.0926. The number of nitrogens with one attached hydrogen (secondary N) is 1. The van der Waals surface area contributed by atoms with Gasteiger partial charge in [0.05, 0.1) is 7.11 Å². The highest BCUT2D eigenvalue weighted by atomic mass is 16.5. The average Bonchev–Trinajstić information content (AvgIpc) is 2.36. The molecular formula is C14H22N2O2. The Labute approximate surface area is 109 Å². The Kier molecular flexibility index (Phi) is 5.01. The molecule has 0 saturated heterocycles. The van der Waals surface area contributed by atoms with Gasteiger partial charge >= 0.3 is 0 Å². The molecule has 4 nitrogen and oxygen atoms in total. The van der Waals surface area contributed by atoms with Crippen molar-refractivity contribution in [2.45, 2.75) is 33.2 Å². The lowest BCUT2D eigenvalue weighted by Gasteiger charge is -2.21. The molecule has 0 bridgehead atoms. The van der Waals surface area contributed by atoms with Gasteiger partial charge in [0.1, 0.15) is 11.3 Å². The molecule has 2 atom stereocenters. The lowest BCUT2D eigenvalue weighted by Crippen LogP contribution is -2.37. The summed E-state index contributed by atoms with van der Waals surface area (Å²) < 4.78 is 5.17. The minimum absolute atomic E-state index is 0.104. The minimum Gasteiger partial charge on any atom is -0.496 e. The largest absolute Gasteiger partial charge is 0.496 e. The fraction of sp³-hybridized carbons (Fsp3) is 0.500. The molecule has 1 aromatic carbocycles. The van der Waals surface area contributed by atoms with E-state index in [9.17, 15) is 4.79 Å². The zero-order valence-corrected chi connectivity index (χ0v) is 11.5. The molecule has 0 heterocycles. The van der Waals surface area contributed by atoms with Crippen molar-refractivity contribution in [1.29, 1.82) is 0 Å². The highest BCUT2D eigenvalue weighted by Crippen LogP contribution is 2.24. The third-order valence-corrected chi connectivity index (χ3v) is 3.36. The van der Waals surface area contributed by atoms with Gasteiger partial charge in [-0.1, -0.05) is 26.3 Å². The van der Waals surface area contributed by atoms with Crippen LogP contribution in [0.5, 0.6) is 5.75 Å². The number of carbonyl (C=O) groups is 1. The standard InChI is InChI=1S/C14H22N2O2/c1-5-9(2)10(3)16-14(17)13-11(15)7-6-8-12(13)18-4/h6-10H,5,15H2,1-4H3,(H,16,17). The Bertz CT molecular complexity index is 418. The summed E-state index contributed by atoms with van der Waals surface area (Å²) in [6.07, 6.45) is 1.02. The number of nitrogen functional groups attached to an aromatic ring is 1. The van der Waals surface area contributed by atoms with Crippen molar-refractivity contribution in [3.63, 3.8) is 0 Å². The average molecular weight is 250 g/mol. The third kappa shape index (κ3) is 3.15. The molecule has 2 unspecified atom stereocenters. The van der Waals surface area contributed by atoms with Crippen LogP contribution in [0.15, 0.2) is 18.2 Å². The predicted molar refractivity (Wildman–Crippen MR) is 73.8 cm³/mol. The molecule has 18 heavy (non-hydrogen) atoms. The highest BCUT2D eigenvalue weighted by Gasteiger charge is 2.19. The Hall–Kier alpha value is -1.71. The van der Waals surface area contributed by atoms with Gasteiger partial charge in [-0.05, 0) is 25.0 Å². The third-order valence-electron chi connectivity index (χ3n) is 3.36. The zero-order chi connectivity index (χ0) is 13.7. The van der Waals surface area contributed by atoms with Crippen molar-refractivity contribution in [1.82, 2.24) is 5.32 Å². The van der Waals surface area contributed by atoms with Gasteiger partial charge < -0.3 is 15.8 Å². The van der Waals surface area contributed by atoms with Crippen molar-refractivity contribution in [3.05, 3.63) is 23.8 Å². The molecule has 4 heteroatoms. The van der Waals surface area contributed by atoms with E-state index < -0.39 is 0 Å². The number of benzene rings is 1. The van der Waals surface area contributed by atoms with Gasteiger partial charge in [-0.3, -0.25) is 4.79 Å². The summed E-state index contributed by atoms with van der Waals surface area (Å²) in [5.74, 6) is 0.742. The minimum atomic E-state index is -0.183. The van der Waals surface area contributed by atoms with E-state index in [4.69, 9.17) is 10.5 Å². The van der Waals surface area contributed by atoms with Gasteiger partial charge in [-0.15, -0.1) is 0 Å². The molecule has 0 spiro atoms. The molecule has 3 N–H and O–H groups in total. The number of ether oxygens (including phenoxy) is 1. The van der Waals surface area contributed by atoms with Crippen LogP contribution in [0, 0.1) is 5.92 Å². The van der Waals surface area contributed by atoms with Crippen LogP contribution < -0.4 is 15.8 Å². The van der Waals surface area contributed by atoms with E-state index >= 15 is 0 Å². The summed E-state index contributed by atoms with van der Waals surface area (Å²) in [4.78, 5) is 12.2. The molecule has 0 aromatic heterocycles. The molecule has 1 rings (SSSR count). The van der Waals surface area contributed by atoms with E-state index in [-0.39, 0.29) is 11.9 Å². The van der Waals surface area contributed by atoms with Crippen molar-refractivity contribution in [3.8, 4) is 5.75 Å². The summed E-state index contributed by atoms with van der Waals surface area (Å²) in [7, 11) is 1.53. The quantitative estimate of drug-likeness (QED) is 0.789. The first kappa shape index (κ1) is 14.4. The van der Waals surface area contributed by atoms with Crippen LogP contribution >= 0.6 is 0 Å². The van der Waals surface area contributed by atoms with Crippen molar-refractivity contribution >= 4 is 11.6 Å². The van der Waals surface area contributed by atoms with E-state index in [2.05, 4.69) is 19.2 Å².